The minimum atomic E-state index is 0.616. The van der Waals surface area contributed by atoms with Crippen molar-refractivity contribution in [3.05, 3.63) is 23.5 Å². The Morgan fingerprint density at radius 3 is 3.18 bits per heavy atom. The van der Waals surface area contributed by atoms with E-state index in [1.54, 1.807) is 17.9 Å². The van der Waals surface area contributed by atoms with Crippen LogP contribution in [0.3, 0.4) is 0 Å². The van der Waals surface area contributed by atoms with Gasteiger partial charge in [-0.15, -0.1) is 11.3 Å². The average molecular weight is 164 g/mol. The fourth-order valence-electron chi connectivity index (χ4n) is 0.893. The van der Waals surface area contributed by atoms with Gasteiger partial charge in [-0.3, -0.25) is 9.78 Å². The molecule has 0 aliphatic rings. The summed E-state index contributed by atoms with van der Waals surface area (Å²) in [6.45, 7) is 0. The number of thiazole rings is 1. The first-order chi connectivity index (χ1) is 5.42. The standard InChI is InChI=1S/C7H4N2OS/c10-3-5-1-8-2-6-7(5)11-4-9-6/h1-4H. The lowest BCUT2D eigenvalue weighted by Crippen LogP contribution is -1.81. The smallest absolute Gasteiger partial charge is 0.153 e. The van der Waals surface area contributed by atoms with Crippen molar-refractivity contribution in [1.29, 1.82) is 0 Å². The van der Waals surface area contributed by atoms with E-state index in [0.29, 0.717) is 5.56 Å². The van der Waals surface area contributed by atoms with Gasteiger partial charge in [0.1, 0.15) is 5.52 Å². The molecule has 11 heavy (non-hydrogen) atoms. The van der Waals surface area contributed by atoms with Crippen molar-refractivity contribution < 1.29 is 4.79 Å². The first-order valence-electron chi connectivity index (χ1n) is 3.04. The second-order valence-corrected chi connectivity index (χ2v) is 2.90. The Balaban J connectivity index is 2.88. The number of carbonyl (C=O) groups is 1. The van der Waals surface area contributed by atoms with E-state index >= 15 is 0 Å². The maximum Gasteiger partial charge on any atom is 0.153 e. The number of nitrogens with zero attached hydrogens (tertiary/aromatic N) is 2. The summed E-state index contributed by atoms with van der Waals surface area (Å²) in [4.78, 5) is 18.4. The second-order valence-electron chi connectivity index (χ2n) is 2.05. The quantitative estimate of drug-likeness (QED) is 0.600. The van der Waals surface area contributed by atoms with Gasteiger partial charge in [0.05, 0.1) is 22.0 Å². The number of pyridine rings is 1. The number of aromatic nitrogens is 2. The third-order valence-electron chi connectivity index (χ3n) is 1.39. The van der Waals surface area contributed by atoms with E-state index in [0.717, 1.165) is 16.5 Å². The van der Waals surface area contributed by atoms with Gasteiger partial charge in [0.2, 0.25) is 0 Å². The van der Waals surface area contributed by atoms with Crippen LogP contribution in [0.1, 0.15) is 10.4 Å². The van der Waals surface area contributed by atoms with E-state index in [1.807, 2.05) is 0 Å². The van der Waals surface area contributed by atoms with Gasteiger partial charge in [-0.25, -0.2) is 4.98 Å². The van der Waals surface area contributed by atoms with Crippen LogP contribution in [-0.4, -0.2) is 16.3 Å². The molecular formula is C7H4N2OS. The Morgan fingerprint density at radius 2 is 2.36 bits per heavy atom. The molecule has 4 heteroatoms. The highest BCUT2D eigenvalue weighted by atomic mass is 32.1. The molecule has 0 fully saturated rings. The van der Waals surface area contributed by atoms with Gasteiger partial charge in [-0.2, -0.15) is 0 Å². The first kappa shape index (κ1) is 6.42. The van der Waals surface area contributed by atoms with Gasteiger partial charge in [-0.1, -0.05) is 0 Å². The molecule has 0 atom stereocenters. The Kier molecular flexibility index (Phi) is 1.40. The second kappa shape index (κ2) is 2.39. The lowest BCUT2D eigenvalue weighted by molar-refractivity contribution is 0.112. The number of aldehydes is 1. The van der Waals surface area contributed by atoms with Crippen LogP contribution in [0.2, 0.25) is 0 Å². The molecule has 0 saturated heterocycles. The number of carbonyl (C=O) groups excluding carboxylic acids is 1. The zero-order valence-electron chi connectivity index (χ0n) is 5.52. The third kappa shape index (κ3) is 0.914. The predicted molar refractivity (Wildman–Crippen MR) is 42.8 cm³/mol. The Hall–Kier alpha value is -1.29. The summed E-state index contributed by atoms with van der Waals surface area (Å²) in [5.74, 6) is 0. The fraction of sp³-hybridized carbons (Fsp3) is 0. The molecule has 0 unspecified atom stereocenters. The minimum absolute atomic E-state index is 0.616. The molecule has 0 aliphatic heterocycles. The van der Waals surface area contributed by atoms with Gasteiger partial charge in [0.15, 0.2) is 6.29 Å². The molecule has 0 bridgehead atoms. The first-order valence-corrected chi connectivity index (χ1v) is 3.92. The number of hydrogen-bond donors (Lipinski definition) is 0. The van der Waals surface area contributed by atoms with Crippen LogP contribution in [0.4, 0.5) is 0 Å². The summed E-state index contributed by atoms with van der Waals surface area (Å²) in [6, 6.07) is 0. The molecule has 0 saturated carbocycles. The molecule has 2 heterocycles. The Labute approximate surface area is 66.7 Å². The molecule has 0 amide bonds. The van der Waals surface area contributed by atoms with Gasteiger partial charge in [0, 0.05) is 6.20 Å². The van der Waals surface area contributed by atoms with Crippen molar-refractivity contribution >= 4 is 27.8 Å². The van der Waals surface area contributed by atoms with Crippen LogP contribution < -0.4 is 0 Å². The SMILES string of the molecule is O=Cc1cncc2ncsc12. The zero-order chi connectivity index (χ0) is 7.68. The monoisotopic (exact) mass is 164 g/mol. The molecule has 0 radical (unpaired) electrons. The van der Waals surface area contributed by atoms with Gasteiger partial charge < -0.3 is 0 Å². The highest BCUT2D eigenvalue weighted by molar-refractivity contribution is 7.17. The molecule has 0 aromatic carbocycles. The Bertz CT molecular complexity index is 396. The van der Waals surface area contributed by atoms with E-state index < -0.39 is 0 Å². The highest BCUT2D eigenvalue weighted by Crippen LogP contribution is 2.18. The molecule has 0 aliphatic carbocycles. The number of fused-ring (bicyclic) bond motifs is 1. The molecular weight excluding hydrogens is 160 g/mol. The lowest BCUT2D eigenvalue weighted by atomic mass is 10.3. The topological polar surface area (TPSA) is 42.9 Å². The number of rotatable bonds is 1. The molecule has 3 nitrogen and oxygen atoms in total. The van der Waals surface area contributed by atoms with E-state index in [2.05, 4.69) is 9.97 Å². The molecule has 2 aromatic rings. The third-order valence-corrected chi connectivity index (χ3v) is 2.29. The maximum atomic E-state index is 10.5. The summed E-state index contributed by atoms with van der Waals surface area (Å²) >= 11 is 1.46. The van der Waals surface area contributed by atoms with Crippen LogP contribution in [0.5, 0.6) is 0 Å². The fourth-order valence-corrected chi connectivity index (χ4v) is 1.63. The van der Waals surface area contributed by atoms with Crippen molar-refractivity contribution in [2.45, 2.75) is 0 Å². The van der Waals surface area contributed by atoms with Gasteiger partial charge in [-0.05, 0) is 0 Å². The van der Waals surface area contributed by atoms with Crippen molar-refractivity contribution in [2.75, 3.05) is 0 Å². The highest BCUT2D eigenvalue weighted by Gasteiger charge is 2.01. The van der Waals surface area contributed by atoms with Crippen LogP contribution in [0, 0.1) is 0 Å². The van der Waals surface area contributed by atoms with Crippen molar-refractivity contribution in [2.24, 2.45) is 0 Å². The maximum absolute atomic E-state index is 10.5. The van der Waals surface area contributed by atoms with Crippen LogP contribution >= 0.6 is 11.3 Å². The van der Waals surface area contributed by atoms with E-state index in [4.69, 9.17) is 0 Å². The summed E-state index contributed by atoms with van der Waals surface area (Å²) in [6.07, 6.45) is 4.00. The van der Waals surface area contributed by atoms with E-state index in [-0.39, 0.29) is 0 Å². The van der Waals surface area contributed by atoms with Crippen molar-refractivity contribution in [3.63, 3.8) is 0 Å². The summed E-state index contributed by atoms with van der Waals surface area (Å²) in [7, 11) is 0. The normalized spacial score (nSPS) is 10.2. The lowest BCUT2D eigenvalue weighted by Gasteiger charge is -1.88. The molecule has 2 rings (SSSR count). The number of hydrogen-bond acceptors (Lipinski definition) is 4. The van der Waals surface area contributed by atoms with Crippen molar-refractivity contribution in [1.82, 2.24) is 9.97 Å². The summed E-state index contributed by atoms with van der Waals surface area (Å²) in [5.41, 5.74) is 3.11. The zero-order valence-corrected chi connectivity index (χ0v) is 6.34. The largest absolute Gasteiger partial charge is 0.298 e. The average Bonchev–Trinajstić information content (AvgIpc) is 2.50. The van der Waals surface area contributed by atoms with Gasteiger partial charge >= 0.3 is 0 Å². The van der Waals surface area contributed by atoms with E-state index in [9.17, 15) is 4.79 Å². The molecule has 0 N–H and O–H groups in total. The van der Waals surface area contributed by atoms with Crippen LogP contribution in [0.15, 0.2) is 17.9 Å². The summed E-state index contributed by atoms with van der Waals surface area (Å²) < 4.78 is 0.912. The van der Waals surface area contributed by atoms with Gasteiger partial charge in [0.25, 0.3) is 0 Å². The predicted octanol–water partition coefficient (Wildman–Crippen LogP) is 1.50. The van der Waals surface area contributed by atoms with Crippen molar-refractivity contribution in [3.8, 4) is 0 Å². The van der Waals surface area contributed by atoms with E-state index in [1.165, 1.54) is 11.3 Å². The Morgan fingerprint density at radius 1 is 1.45 bits per heavy atom. The van der Waals surface area contributed by atoms with Crippen LogP contribution in [-0.2, 0) is 0 Å². The molecule has 2 aromatic heterocycles. The molecule has 54 valence electrons. The molecule has 0 spiro atoms. The van der Waals surface area contributed by atoms with Crippen LogP contribution in [0.25, 0.3) is 10.2 Å². The minimum Gasteiger partial charge on any atom is -0.298 e. The summed E-state index contributed by atoms with van der Waals surface area (Å²) in [5, 5.41) is 0.